The Morgan fingerprint density at radius 2 is 1.64 bits per heavy atom. The number of hydrogen-bond acceptors (Lipinski definition) is 7. The van der Waals surface area contributed by atoms with Crippen molar-refractivity contribution >= 4 is 28.9 Å². The van der Waals surface area contributed by atoms with Gasteiger partial charge in [-0.2, -0.15) is 5.10 Å². The Kier molecular flexibility index (Phi) is 6.34. The number of para-hydroxylation sites is 1. The molecule has 0 radical (unpaired) electrons. The first-order valence-corrected chi connectivity index (χ1v) is 15.9. The van der Waals surface area contributed by atoms with Crippen LogP contribution in [-0.2, 0) is 4.74 Å². The van der Waals surface area contributed by atoms with Gasteiger partial charge in [-0.25, -0.2) is 9.78 Å². The number of amides is 3. The van der Waals surface area contributed by atoms with E-state index in [4.69, 9.17) is 19.8 Å². The molecule has 0 unspecified atom stereocenters. The summed E-state index contributed by atoms with van der Waals surface area (Å²) in [4.78, 5) is 51.2. The molecule has 230 valence electrons. The minimum Gasteiger partial charge on any atom is -0.444 e. The van der Waals surface area contributed by atoms with Crippen molar-refractivity contribution in [1.82, 2.24) is 29.5 Å². The van der Waals surface area contributed by atoms with Crippen molar-refractivity contribution < 1.29 is 19.1 Å². The number of likely N-dealkylation sites (tertiary alicyclic amines) is 1. The van der Waals surface area contributed by atoms with E-state index in [0.29, 0.717) is 36.7 Å². The van der Waals surface area contributed by atoms with E-state index in [1.54, 1.807) is 29.2 Å². The molecule has 2 aliphatic heterocycles. The van der Waals surface area contributed by atoms with Crippen molar-refractivity contribution in [3.05, 3.63) is 77.2 Å². The third kappa shape index (κ3) is 4.96. The molecule has 0 N–H and O–H groups in total. The van der Waals surface area contributed by atoms with Crippen molar-refractivity contribution in [3.8, 4) is 11.3 Å². The van der Waals surface area contributed by atoms with Crippen LogP contribution in [0.15, 0.2) is 54.9 Å². The molecule has 45 heavy (non-hydrogen) atoms. The number of nitrogens with zero attached hydrogens (tertiary/aromatic N) is 6. The fraction of sp³-hybridized carbons (Fsp3) is 0.429. The Morgan fingerprint density at radius 1 is 0.933 bits per heavy atom. The largest absolute Gasteiger partial charge is 0.444 e. The number of rotatable bonds is 6. The lowest BCUT2D eigenvalue weighted by molar-refractivity contribution is 0.00826. The molecular weight excluding hydrogens is 568 g/mol. The number of ether oxygens (including phenoxy) is 1. The molecule has 4 aliphatic rings. The molecule has 2 aromatic carbocycles. The molecule has 3 amide bonds. The normalized spacial score (nSPS) is 21.6. The van der Waals surface area contributed by atoms with Gasteiger partial charge in [0.05, 0.1) is 45.8 Å². The Morgan fingerprint density at radius 3 is 2.31 bits per heavy atom. The van der Waals surface area contributed by atoms with Gasteiger partial charge in [0.25, 0.3) is 11.8 Å². The van der Waals surface area contributed by atoms with E-state index in [1.807, 2.05) is 39.1 Å². The molecule has 0 bridgehead atoms. The summed E-state index contributed by atoms with van der Waals surface area (Å²) in [5, 5.41) is 5.05. The molecule has 2 saturated carbocycles. The average Bonchev–Trinajstić information content (AvgIpc) is 3.67. The first kappa shape index (κ1) is 27.9. The van der Waals surface area contributed by atoms with Crippen molar-refractivity contribution in [2.75, 3.05) is 19.6 Å². The Bertz CT molecular complexity index is 1820. The van der Waals surface area contributed by atoms with Crippen molar-refractivity contribution in [2.24, 2.45) is 5.92 Å². The first-order valence-electron chi connectivity index (χ1n) is 15.9. The summed E-state index contributed by atoms with van der Waals surface area (Å²) in [5.74, 6) is 0.510. The summed E-state index contributed by atoms with van der Waals surface area (Å²) in [6.07, 6.45) is 7.67. The van der Waals surface area contributed by atoms with Gasteiger partial charge in [-0.15, -0.1) is 0 Å². The van der Waals surface area contributed by atoms with E-state index in [0.717, 1.165) is 59.2 Å². The highest BCUT2D eigenvalue weighted by Gasteiger charge is 2.41. The van der Waals surface area contributed by atoms with Crippen LogP contribution in [0, 0.1) is 5.92 Å². The van der Waals surface area contributed by atoms with Gasteiger partial charge in [0, 0.05) is 43.2 Å². The van der Waals surface area contributed by atoms with Gasteiger partial charge in [-0.05, 0) is 76.1 Å². The zero-order valence-electron chi connectivity index (χ0n) is 25.8. The lowest BCUT2D eigenvalue weighted by Gasteiger charge is -2.40. The van der Waals surface area contributed by atoms with Gasteiger partial charge in [-0.3, -0.25) is 24.2 Å². The van der Waals surface area contributed by atoms with E-state index >= 15 is 0 Å². The number of hydrogen-bond donors (Lipinski definition) is 0. The maximum absolute atomic E-state index is 12.8. The molecule has 2 aromatic heterocycles. The summed E-state index contributed by atoms with van der Waals surface area (Å²) in [7, 11) is 0. The molecule has 0 atom stereocenters. The quantitative estimate of drug-likeness (QED) is 0.250. The summed E-state index contributed by atoms with van der Waals surface area (Å²) >= 11 is 0. The van der Waals surface area contributed by atoms with Crippen LogP contribution in [-0.4, -0.2) is 72.7 Å². The van der Waals surface area contributed by atoms with Crippen LogP contribution in [0.4, 0.5) is 4.79 Å². The predicted molar refractivity (Wildman–Crippen MR) is 167 cm³/mol. The predicted octanol–water partition coefficient (Wildman–Crippen LogP) is 5.95. The average molecular weight is 605 g/mol. The van der Waals surface area contributed by atoms with E-state index < -0.39 is 5.60 Å². The minimum atomic E-state index is -0.515. The van der Waals surface area contributed by atoms with Gasteiger partial charge in [0.1, 0.15) is 5.60 Å². The zero-order chi connectivity index (χ0) is 31.0. The number of imide groups is 1. The van der Waals surface area contributed by atoms with Gasteiger partial charge in [0.2, 0.25) is 0 Å². The van der Waals surface area contributed by atoms with E-state index in [-0.39, 0.29) is 35.8 Å². The second-order valence-corrected chi connectivity index (χ2v) is 14.0. The molecule has 4 aromatic rings. The maximum atomic E-state index is 12.8. The fourth-order valence-electron chi connectivity index (χ4n) is 6.85. The van der Waals surface area contributed by atoms with Crippen LogP contribution in [0.5, 0.6) is 0 Å². The minimum absolute atomic E-state index is 0.188. The molecule has 10 heteroatoms. The number of benzene rings is 2. The van der Waals surface area contributed by atoms with Crippen molar-refractivity contribution in [2.45, 2.75) is 69.9 Å². The lowest BCUT2D eigenvalue weighted by atomic mass is 9.80. The second kappa shape index (κ2) is 10.2. The third-order valence-corrected chi connectivity index (χ3v) is 9.48. The highest BCUT2D eigenvalue weighted by molar-refractivity contribution is 6.21. The van der Waals surface area contributed by atoms with Crippen LogP contribution >= 0.6 is 0 Å². The first-order chi connectivity index (χ1) is 21.6. The lowest BCUT2D eigenvalue weighted by Crippen LogP contribution is -2.50. The fourth-order valence-corrected chi connectivity index (χ4v) is 6.85. The second-order valence-electron chi connectivity index (χ2n) is 14.0. The Hall–Kier alpha value is -4.60. The number of carbonyl (C=O) groups excluding carboxylic acids is 3. The van der Waals surface area contributed by atoms with Gasteiger partial charge in [-0.1, -0.05) is 24.3 Å². The standard InChI is InChI=1S/C35H36N6O4/c1-35(2,3)45-34(44)39-17-22(18-39)24-9-6-10-28-31(24)36-15-29(37-28)27-19-41(38-30(27)21-11-12-21)23-13-20(14-23)16-40-32(42)25-7-4-5-8-26(25)33(40)43/h4-10,15,19-23H,11-14,16-18H2,1-3H3. The van der Waals surface area contributed by atoms with Crippen LogP contribution in [0.1, 0.15) is 96.3 Å². The molecule has 8 rings (SSSR count). The van der Waals surface area contributed by atoms with Crippen molar-refractivity contribution in [3.63, 3.8) is 0 Å². The van der Waals surface area contributed by atoms with Gasteiger partial charge in [0.15, 0.2) is 0 Å². The number of carbonyl (C=O) groups is 3. The maximum Gasteiger partial charge on any atom is 0.410 e. The summed E-state index contributed by atoms with van der Waals surface area (Å²) in [6.45, 7) is 7.28. The number of fused-ring (bicyclic) bond motifs is 2. The highest BCUT2D eigenvalue weighted by atomic mass is 16.6. The SMILES string of the molecule is CC(C)(C)OC(=O)N1CC(c2cccc3nc(-c4cn(C5CC(CN6C(=O)c7ccccc7C6=O)C5)nc4C4CC4)cnc23)C1. The van der Waals surface area contributed by atoms with Crippen molar-refractivity contribution in [1.29, 1.82) is 0 Å². The number of aromatic nitrogens is 4. The molecule has 1 saturated heterocycles. The zero-order valence-corrected chi connectivity index (χ0v) is 25.8. The van der Waals surface area contributed by atoms with Crippen LogP contribution in [0.25, 0.3) is 22.3 Å². The Labute approximate surface area is 261 Å². The summed E-state index contributed by atoms with van der Waals surface area (Å²) in [5.41, 5.74) is 6.22. The van der Waals surface area contributed by atoms with Crippen LogP contribution in [0.3, 0.4) is 0 Å². The molecule has 2 aliphatic carbocycles. The molecule has 10 nitrogen and oxygen atoms in total. The molecule has 0 spiro atoms. The molecule has 3 fully saturated rings. The molecular formula is C35H36N6O4. The van der Waals surface area contributed by atoms with E-state index in [2.05, 4.69) is 16.9 Å². The summed E-state index contributed by atoms with van der Waals surface area (Å²) in [6, 6.07) is 13.4. The van der Waals surface area contributed by atoms with Gasteiger partial charge < -0.3 is 9.64 Å². The Balaban J connectivity index is 0.972. The van der Waals surface area contributed by atoms with E-state index in [9.17, 15) is 14.4 Å². The topological polar surface area (TPSA) is 111 Å². The van der Waals surface area contributed by atoms with E-state index in [1.165, 1.54) is 4.90 Å². The van der Waals surface area contributed by atoms with Crippen LogP contribution in [0.2, 0.25) is 0 Å². The van der Waals surface area contributed by atoms with Gasteiger partial charge >= 0.3 is 6.09 Å². The monoisotopic (exact) mass is 604 g/mol. The molecule has 4 heterocycles. The third-order valence-electron chi connectivity index (χ3n) is 9.48. The highest BCUT2D eigenvalue weighted by Crippen LogP contribution is 2.46. The van der Waals surface area contributed by atoms with Crippen LogP contribution < -0.4 is 0 Å². The summed E-state index contributed by atoms with van der Waals surface area (Å²) < 4.78 is 7.60. The smallest absolute Gasteiger partial charge is 0.410 e.